The summed E-state index contributed by atoms with van der Waals surface area (Å²) in [6.07, 6.45) is 11.3. The van der Waals surface area contributed by atoms with Crippen molar-refractivity contribution in [1.82, 2.24) is 19.4 Å². The van der Waals surface area contributed by atoms with E-state index in [2.05, 4.69) is 60.0 Å². The van der Waals surface area contributed by atoms with Gasteiger partial charge in [0.05, 0.1) is 12.0 Å². The average molecular weight is 1010 g/mol. The second-order valence-electron chi connectivity index (χ2n) is 17.5. The van der Waals surface area contributed by atoms with Crippen LogP contribution in [0.15, 0.2) is 85.1 Å². The van der Waals surface area contributed by atoms with Crippen molar-refractivity contribution in [2.24, 2.45) is 5.92 Å². The van der Waals surface area contributed by atoms with Crippen molar-refractivity contribution in [2.45, 2.75) is 117 Å². The number of ether oxygens (including phenoxy) is 1. The molecule has 12 nitrogen and oxygen atoms in total. The van der Waals surface area contributed by atoms with Gasteiger partial charge in [-0.05, 0) is 118 Å². The molecule has 2 atom stereocenters. The number of benzene rings is 3. The fourth-order valence-corrected chi connectivity index (χ4v) is 11.4. The second kappa shape index (κ2) is 27.8. The number of nitrogens with zero attached hydrogens (tertiary/aromatic N) is 3. The van der Waals surface area contributed by atoms with Gasteiger partial charge in [-0.25, -0.2) is 9.10 Å². The maximum Gasteiger partial charge on any atom is 0.351 e. The molecule has 378 valence electrons. The Morgan fingerprint density at radius 1 is 0.971 bits per heavy atom. The van der Waals surface area contributed by atoms with Gasteiger partial charge in [-0.2, -0.15) is 0 Å². The van der Waals surface area contributed by atoms with Crippen LogP contribution in [-0.2, 0) is 24.9 Å². The van der Waals surface area contributed by atoms with Crippen LogP contribution in [0, 0.1) is 19.8 Å². The topological polar surface area (TPSA) is 149 Å². The second-order valence-corrected chi connectivity index (χ2v) is 19.8. The largest absolute Gasteiger partial charge is 0.505 e. The summed E-state index contributed by atoms with van der Waals surface area (Å²) in [7, 11) is 2.81. The van der Waals surface area contributed by atoms with E-state index in [0.29, 0.717) is 29.6 Å². The Labute approximate surface area is 429 Å². The van der Waals surface area contributed by atoms with Crippen LogP contribution < -0.4 is 10.6 Å². The number of hydrogen-bond acceptors (Lipinski definition) is 11. The van der Waals surface area contributed by atoms with Crippen LogP contribution in [-0.4, -0.2) is 101 Å². The number of likely N-dealkylation sites (N-methyl/N-ethyl adjacent to an activating group) is 1. The van der Waals surface area contributed by atoms with Gasteiger partial charge in [0, 0.05) is 67.9 Å². The third-order valence-electron chi connectivity index (χ3n) is 12.5. The smallest absolute Gasteiger partial charge is 0.351 e. The number of aromatic hydroxyl groups is 1. The minimum atomic E-state index is -0.771. The van der Waals surface area contributed by atoms with Gasteiger partial charge in [0.15, 0.2) is 10.6 Å². The highest BCUT2D eigenvalue weighted by atomic mass is 35.5. The molecular formula is C55H72ClN5O7S2. The fraction of sp³-hybridized carbons (Fsp3) is 0.436. The lowest BCUT2D eigenvalue weighted by atomic mass is 9.82. The number of nitrogens with one attached hydrogen (secondary N) is 2. The number of carbonyl (C=O) groups is 5. The highest BCUT2D eigenvalue weighted by Crippen LogP contribution is 2.46. The minimum absolute atomic E-state index is 0.0558. The molecule has 3 N–H and O–H groups in total. The fourth-order valence-electron chi connectivity index (χ4n) is 8.93. The van der Waals surface area contributed by atoms with Gasteiger partial charge in [-0.1, -0.05) is 111 Å². The molecule has 2 unspecified atom stereocenters. The number of rotatable bonds is 14. The number of hydrogen-bond donors (Lipinski definition) is 3. The van der Waals surface area contributed by atoms with Crippen LogP contribution in [0.5, 0.6) is 5.75 Å². The maximum atomic E-state index is 13.5. The predicted molar refractivity (Wildman–Crippen MR) is 288 cm³/mol. The van der Waals surface area contributed by atoms with Gasteiger partial charge in [-0.3, -0.25) is 14.4 Å². The highest BCUT2D eigenvalue weighted by molar-refractivity contribution is 7.96. The van der Waals surface area contributed by atoms with Crippen molar-refractivity contribution in [1.29, 1.82) is 0 Å². The number of amides is 3. The van der Waals surface area contributed by atoms with Crippen LogP contribution in [0.1, 0.15) is 122 Å². The van der Waals surface area contributed by atoms with E-state index in [1.807, 2.05) is 95.1 Å². The van der Waals surface area contributed by atoms with E-state index in [0.717, 1.165) is 90.0 Å². The number of piperidine rings is 2. The van der Waals surface area contributed by atoms with E-state index < -0.39 is 12.0 Å². The molecule has 2 fully saturated rings. The van der Waals surface area contributed by atoms with E-state index in [4.69, 9.17) is 16.3 Å². The van der Waals surface area contributed by atoms with Gasteiger partial charge >= 0.3 is 5.97 Å². The summed E-state index contributed by atoms with van der Waals surface area (Å²) in [5, 5.41) is 16.8. The molecule has 7 rings (SSSR count). The first-order valence-corrected chi connectivity index (χ1v) is 26.4. The van der Waals surface area contributed by atoms with E-state index >= 15 is 0 Å². The van der Waals surface area contributed by atoms with Crippen LogP contribution >= 0.6 is 34.9 Å². The van der Waals surface area contributed by atoms with Gasteiger partial charge < -0.3 is 35.1 Å². The monoisotopic (exact) mass is 1010 g/mol. The zero-order chi connectivity index (χ0) is 51.5. The number of likely N-dealkylation sites (tertiary alicyclic amines) is 1. The normalized spacial score (nSPS) is 17.7. The van der Waals surface area contributed by atoms with E-state index in [-0.39, 0.29) is 51.8 Å². The number of thiophene rings is 1. The lowest BCUT2D eigenvalue weighted by Gasteiger charge is -2.45. The Kier molecular flexibility index (Phi) is 22.7. The Morgan fingerprint density at radius 3 is 2.30 bits per heavy atom. The summed E-state index contributed by atoms with van der Waals surface area (Å²) in [6, 6.07) is 21.9. The maximum absolute atomic E-state index is 13.5. The molecule has 2 bridgehead atoms. The Bertz CT molecular complexity index is 2460. The molecule has 1 aromatic heterocycles. The van der Waals surface area contributed by atoms with Crippen molar-refractivity contribution in [3.63, 3.8) is 0 Å². The molecule has 3 aromatic carbocycles. The lowest BCUT2D eigenvalue weighted by molar-refractivity contribution is -0.124. The zero-order valence-electron chi connectivity index (χ0n) is 42.5. The molecule has 3 aliphatic rings. The Hall–Kier alpha value is -5.41. The number of carbonyl (C=O) groups excluding carboxylic acids is 5. The van der Waals surface area contributed by atoms with Crippen LogP contribution in [0.2, 0.25) is 5.02 Å². The molecule has 15 heteroatoms. The first kappa shape index (κ1) is 57.2. The minimum Gasteiger partial charge on any atom is -0.505 e. The molecule has 0 aliphatic carbocycles. The summed E-state index contributed by atoms with van der Waals surface area (Å²) in [5.41, 5.74) is 8.13. The first-order chi connectivity index (χ1) is 33.7. The van der Waals surface area contributed by atoms with E-state index in [1.54, 1.807) is 17.2 Å². The van der Waals surface area contributed by atoms with Gasteiger partial charge in [0.25, 0.3) is 5.91 Å². The van der Waals surface area contributed by atoms with Crippen molar-refractivity contribution >= 4 is 76.6 Å². The molecule has 4 heterocycles. The SMILES string of the molecule is CC.CC.CNC(=O)C(CCC=O)N1C=C/C=C(/C2CCN(C=O)CC2)c2cccc(c2C)C1=O.COC(=O)c1sc(-c2cccc(NC3CCN(SCc4cccc(C)c4)C(C)(C)C3)c2)c(Cl)c1O. The molecule has 0 saturated carbocycles. The summed E-state index contributed by atoms with van der Waals surface area (Å²) < 4.78 is 7.28. The standard InChI is InChI=1S/C27H31ClN2O3S2.C24H29N3O4.2C2H6/c1-17-7-5-8-18(13-17)16-34-30-12-11-21(15-27(30,2)3)29-20-10-6-9-19(14-20)24-22(28)23(31)25(35-24)26(32)33-4;1-17-19-6-3-7-20(17)24(31)27(22(9-5-15-28)23(30)25-2)12-4-8-21(19)18-10-13-26(16-29)14-11-18;2*1-2/h5-10,13-14,21,29,31H,11-12,15-16H2,1-4H3;3-4,6-8,12,15-16,18,22H,5,9-11,13-14H2,1-2H3,(H,25,30);2*1-2H3/b;12-4?,21-8-;;. The number of anilines is 1. The van der Waals surface area contributed by atoms with Gasteiger partial charge in [-0.15, -0.1) is 11.3 Å². The number of fused-ring (bicyclic) bond motifs is 2. The molecule has 70 heavy (non-hydrogen) atoms. The van der Waals surface area contributed by atoms with Crippen LogP contribution in [0.25, 0.3) is 16.0 Å². The predicted octanol–water partition coefficient (Wildman–Crippen LogP) is 11.7. The van der Waals surface area contributed by atoms with Crippen molar-refractivity contribution < 1.29 is 33.8 Å². The molecule has 2 saturated heterocycles. The molecular weight excluding hydrogens is 942 g/mol. The molecule has 3 amide bonds. The number of halogens is 1. The summed E-state index contributed by atoms with van der Waals surface area (Å²) in [6.45, 7) is 19.1. The third kappa shape index (κ3) is 14.6. The van der Waals surface area contributed by atoms with Crippen molar-refractivity contribution in [2.75, 3.05) is 39.1 Å². The van der Waals surface area contributed by atoms with E-state index in [1.165, 1.54) is 30.2 Å². The summed E-state index contributed by atoms with van der Waals surface area (Å²) in [4.78, 5) is 63.9. The van der Waals surface area contributed by atoms with Crippen molar-refractivity contribution in [3.05, 3.63) is 123 Å². The third-order valence-corrected chi connectivity index (χ3v) is 15.6. The van der Waals surface area contributed by atoms with Crippen molar-refractivity contribution in [3.8, 4) is 16.2 Å². The zero-order valence-corrected chi connectivity index (χ0v) is 44.9. The number of aryl methyl sites for hydroxylation is 1. The molecule has 3 aliphatic heterocycles. The number of allylic oxidation sites excluding steroid dienone is 3. The summed E-state index contributed by atoms with van der Waals surface area (Å²) >= 11 is 9.41. The molecule has 4 aromatic rings. The van der Waals surface area contributed by atoms with Gasteiger partial charge in [0.1, 0.15) is 17.4 Å². The number of esters is 1. The molecule has 0 radical (unpaired) electrons. The first-order valence-electron chi connectivity index (χ1n) is 24.3. The Morgan fingerprint density at radius 2 is 1.66 bits per heavy atom. The number of aldehydes is 1. The average Bonchev–Trinajstić information content (AvgIpc) is 3.68. The van der Waals surface area contributed by atoms with E-state index in [9.17, 15) is 29.1 Å². The summed E-state index contributed by atoms with van der Waals surface area (Å²) in [5.74, 6) is -0.133. The highest BCUT2D eigenvalue weighted by Gasteiger charge is 2.36. The Balaban J connectivity index is 0.000000286. The molecule has 0 spiro atoms. The number of methoxy groups -OCH3 is 1. The van der Waals surface area contributed by atoms with Crippen LogP contribution in [0.3, 0.4) is 0 Å². The van der Waals surface area contributed by atoms with Gasteiger partial charge in [0.2, 0.25) is 12.3 Å². The quantitative estimate of drug-likeness (QED) is 0.0633. The van der Waals surface area contributed by atoms with Crippen LogP contribution in [0.4, 0.5) is 5.69 Å². The lowest BCUT2D eigenvalue weighted by Crippen LogP contribution is -2.49.